The molecule has 0 saturated carbocycles. The molecule has 3 rings (SSSR count). The predicted molar refractivity (Wildman–Crippen MR) is 113 cm³/mol. The molecule has 2 aromatic carbocycles. The van der Waals surface area contributed by atoms with Gasteiger partial charge in [-0.15, -0.1) is 0 Å². The van der Waals surface area contributed by atoms with Crippen LogP contribution in [0.3, 0.4) is 0 Å². The van der Waals surface area contributed by atoms with Crippen LogP contribution in [0.1, 0.15) is 44.4 Å². The van der Waals surface area contributed by atoms with Crippen molar-refractivity contribution in [3.8, 4) is 0 Å². The summed E-state index contributed by atoms with van der Waals surface area (Å²) in [5.74, 6) is 0.0485. The monoisotopic (exact) mass is 444 g/mol. The lowest BCUT2D eigenvalue weighted by Gasteiger charge is -2.45. The molecule has 0 aliphatic carbocycles. The highest BCUT2D eigenvalue weighted by Crippen LogP contribution is 2.43. The maximum Gasteiger partial charge on any atom is 0.407 e. The Morgan fingerprint density at radius 1 is 1.18 bits per heavy atom. The highest BCUT2D eigenvalue weighted by Gasteiger charge is 2.40. The summed E-state index contributed by atoms with van der Waals surface area (Å²) >= 11 is 3.51. The van der Waals surface area contributed by atoms with Crippen molar-refractivity contribution in [1.82, 2.24) is 5.32 Å². The first kappa shape index (κ1) is 20.4. The van der Waals surface area contributed by atoms with Gasteiger partial charge in [-0.1, -0.05) is 60.1 Å². The summed E-state index contributed by atoms with van der Waals surface area (Å²) in [7, 11) is 0. The Hall–Kier alpha value is -2.34. The van der Waals surface area contributed by atoms with Crippen LogP contribution in [0.5, 0.6) is 0 Å². The van der Waals surface area contributed by atoms with Crippen molar-refractivity contribution in [3.63, 3.8) is 0 Å². The molecule has 6 heteroatoms. The van der Waals surface area contributed by atoms with Gasteiger partial charge in [0.15, 0.2) is 0 Å². The summed E-state index contributed by atoms with van der Waals surface area (Å²) in [6, 6.07) is 15.2. The zero-order chi connectivity index (χ0) is 20.3. The van der Waals surface area contributed by atoms with Gasteiger partial charge in [-0.05, 0) is 35.7 Å². The quantitative estimate of drug-likeness (QED) is 0.704. The minimum Gasteiger partial charge on any atom is -0.445 e. The van der Waals surface area contributed by atoms with Crippen molar-refractivity contribution >= 4 is 33.6 Å². The van der Waals surface area contributed by atoms with Gasteiger partial charge in [0, 0.05) is 29.0 Å². The number of amides is 2. The van der Waals surface area contributed by atoms with Crippen LogP contribution in [0.15, 0.2) is 53.0 Å². The lowest BCUT2D eigenvalue weighted by molar-refractivity contribution is -0.117. The van der Waals surface area contributed by atoms with Gasteiger partial charge in [-0.3, -0.25) is 4.79 Å². The Bertz CT molecular complexity index is 856. The van der Waals surface area contributed by atoms with Crippen LogP contribution in [0.4, 0.5) is 10.5 Å². The third-order valence-corrected chi connectivity index (χ3v) is 5.79. The fourth-order valence-electron chi connectivity index (χ4n) is 3.97. The molecule has 0 radical (unpaired) electrons. The minimum absolute atomic E-state index is 0.00518. The molecule has 0 aromatic heterocycles. The fourth-order valence-corrected chi connectivity index (χ4v) is 4.35. The standard InChI is InChI=1S/C22H25BrN2O3/c1-4-19-14(2)21(24-22(27)28-13-16-8-6-5-7-9-16)18-12-17(23)10-11-20(18)25(19)15(3)26/h5-12,14,19,21H,4,13H2,1-3H3,(H,24,27)/t14-,19-,21?/m0/s1. The van der Waals surface area contributed by atoms with Gasteiger partial charge in [0.2, 0.25) is 5.91 Å². The fraction of sp³-hybridized carbons (Fsp3) is 0.364. The Morgan fingerprint density at radius 2 is 1.89 bits per heavy atom. The van der Waals surface area contributed by atoms with Crippen LogP contribution < -0.4 is 10.2 Å². The molecule has 0 saturated heterocycles. The normalized spacial score (nSPS) is 21.0. The van der Waals surface area contributed by atoms with E-state index in [1.165, 1.54) is 0 Å². The zero-order valence-electron chi connectivity index (χ0n) is 16.3. The van der Waals surface area contributed by atoms with Gasteiger partial charge in [-0.2, -0.15) is 0 Å². The van der Waals surface area contributed by atoms with Crippen molar-refractivity contribution < 1.29 is 14.3 Å². The summed E-state index contributed by atoms with van der Waals surface area (Å²) in [6.07, 6.45) is 0.339. The van der Waals surface area contributed by atoms with Crippen molar-refractivity contribution in [1.29, 1.82) is 0 Å². The summed E-state index contributed by atoms with van der Waals surface area (Å²) in [6.45, 7) is 5.93. The zero-order valence-corrected chi connectivity index (χ0v) is 17.9. The van der Waals surface area contributed by atoms with E-state index < -0.39 is 6.09 Å². The summed E-state index contributed by atoms with van der Waals surface area (Å²) in [5.41, 5.74) is 2.69. The predicted octanol–water partition coefficient (Wildman–Crippen LogP) is 5.20. The number of halogens is 1. The van der Waals surface area contributed by atoms with Crippen LogP contribution in [-0.2, 0) is 16.1 Å². The second kappa shape index (κ2) is 8.78. The van der Waals surface area contributed by atoms with Crippen molar-refractivity contribution in [2.24, 2.45) is 5.92 Å². The Balaban J connectivity index is 1.84. The van der Waals surface area contributed by atoms with E-state index in [2.05, 4.69) is 35.1 Å². The number of benzene rings is 2. The van der Waals surface area contributed by atoms with Gasteiger partial charge in [-0.25, -0.2) is 4.79 Å². The number of nitrogens with one attached hydrogen (secondary N) is 1. The van der Waals surface area contributed by atoms with Crippen LogP contribution in [-0.4, -0.2) is 18.0 Å². The number of rotatable bonds is 4. The number of ether oxygens (including phenoxy) is 1. The molecule has 5 nitrogen and oxygen atoms in total. The third-order valence-electron chi connectivity index (χ3n) is 5.29. The van der Waals surface area contributed by atoms with E-state index in [0.717, 1.165) is 27.7 Å². The average molecular weight is 445 g/mol. The molecule has 28 heavy (non-hydrogen) atoms. The molecular formula is C22H25BrN2O3. The van der Waals surface area contributed by atoms with Crippen LogP contribution in [0.25, 0.3) is 0 Å². The lowest BCUT2D eigenvalue weighted by atomic mass is 9.81. The van der Waals surface area contributed by atoms with E-state index in [4.69, 9.17) is 4.74 Å². The first-order valence-electron chi connectivity index (χ1n) is 9.48. The molecule has 2 aromatic rings. The van der Waals surface area contributed by atoms with Crippen molar-refractivity contribution in [2.45, 2.75) is 45.9 Å². The lowest BCUT2D eigenvalue weighted by Crippen LogP contribution is -2.51. The highest BCUT2D eigenvalue weighted by molar-refractivity contribution is 9.10. The molecule has 1 aliphatic rings. The van der Waals surface area contributed by atoms with E-state index in [1.807, 2.05) is 53.4 Å². The SMILES string of the molecule is CC[C@H]1[C@H](C)C(NC(=O)OCc2ccccc2)c2cc(Br)ccc2N1C(C)=O. The van der Waals surface area contributed by atoms with Crippen molar-refractivity contribution in [2.75, 3.05) is 4.90 Å². The molecule has 1 unspecified atom stereocenters. The van der Waals surface area contributed by atoms with E-state index in [1.54, 1.807) is 6.92 Å². The first-order valence-corrected chi connectivity index (χ1v) is 10.3. The number of fused-ring (bicyclic) bond motifs is 1. The molecule has 3 atom stereocenters. The second-order valence-electron chi connectivity index (χ2n) is 7.11. The van der Waals surface area contributed by atoms with E-state index in [-0.39, 0.29) is 30.5 Å². The summed E-state index contributed by atoms with van der Waals surface area (Å²) < 4.78 is 6.33. The summed E-state index contributed by atoms with van der Waals surface area (Å²) in [5, 5.41) is 3.03. The number of carbonyl (C=O) groups excluding carboxylic acids is 2. The van der Waals surface area contributed by atoms with E-state index in [9.17, 15) is 9.59 Å². The Morgan fingerprint density at radius 3 is 2.54 bits per heavy atom. The molecular weight excluding hydrogens is 420 g/mol. The molecule has 0 bridgehead atoms. The number of anilines is 1. The average Bonchev–Trinajstić information content (AvgIpc) is 2.68. The topological polar surface area (TPSA) is 58.6 Å². The van der Waals surface area contributed by atoms with E-state index >= 15 is 0 Å². The number of nitrogens with zero attached hydrogens (tertiary/aromatic N) is 1. The molecule has 1 N–H and O–H groups in total. The molecule has 1 heterocycles. The third kappa shape index (κ3) is 4.22. The Labute approximate surface area is 174 Å². The number of hydrogen-bond acceptors (Lipinski definition) is 3. The van der Waals surface area contributed by atoms with E-state index in [0.29, 0.717) is 0 Å². The van der Waals surface area contributed by atoms with Crippen LogP contribution >= 0.6 is 15.9 Å². The highest BCUT2D eigenvalue weighted by atomic mass is 79.9. The van der Waals surface area contributed by atoms with Gasteiger partial charge < -0.3 is 15.0 Å². The molecule has 148 valence electrons. The van der Waals surface area contributed by atoms with Gasteiger partial charge in [0.05, 0.1) is 6.04 Å². The molecule has 0 fully saturated rings. The largest absolute Gasteiger partial charge is 0.445 e. The Kier molecular flexibility index (Phi) is 6.39. The molecule has 1 aliphatic heterocycles. The first-order chi connectivity index (χ1) is 13.4. The smallest absolute Gasteiger partial charge is 0.407 e. The minimum atomic E-state index is -0.460. The number of alkyl carbamates (subject to hydrolysis) is 1. The van der Waals surface area contributed by atoms with Crippen molar-refractivity contribution in [3.05, 3.63) is 64.1 Å². The van der Waals surface area contributed by atoms with Crippen LogP contribution in [0, 0.1) is 5.92 Å². The van der Waals surface area contributed by atoms with Crippen LogP contribution in [0.2, 0.25) is 0 Å². The maximum absolute atomic E-state index is 12.5. The maximum atomic E-state index is 12.5. The molecule has 0 spiro atoms. The van der Waals surface area contributed by atoms with Gasteiger partial charge in [0.25, 0.3) is 0 Å². The summed E-state index contributed by atoms with van der Waals surface area (Å²) in [4.78, 5) is 26.7. The number of hydrogen-bond donors (Lipinski definition) is 1. The van der Waals surface area contributed by atoms with Gasteiger partial charge >= 0.3 is 6.09 Å². The second-order valence-corrected chi connectivity index (χ2v) is 8.03. The number of carbonyl (C=O) groups is 2. The molecule has 2 amide bonds. The van der Waals surface area contributed by atoms with Gasteiger partial charge in [0.1, 0.15) is 6.61 Å².